The Morgan fingerprint density at radius 2 is 2.00 bits per heavy atom. The fourth-order valence-electron chi connectivity index (χ4n) is 1.85. The number of nitriles is 1. The van der Waals surface area contributed by atoms with Crippen molar-refractivity contribution in [2.24, 2.45) is 0 Å². The summed E-state index contributed by atoms with van der Waals surface area (Å²) in [5, 5.41) is 13.6. The maximum Gasteiger partial charge on any atom is 0.184 e. The first-order valence-electron chi connectivity index (χ1n) is 6.03. The highest BCUT2D eigenvalue weighted by Crippen LogP contribution is 2.28. The molecule has 0 amide bonds. The quantitative estimate of drug-likeness (QED) is 0.778. The van der Waals surface area contributed by atoms with Gasteiger partial charge in [0.15, 0.2) is 5.13 Å². The zero-order valence-electron chi connectivity index (χ0n) is 10.4. The van der Waals surface area contributed by atoms with Gasteiger partial charge in [-0.2, -0.15) is 5.26 Å². The summed E-state index contributed by atoms with van der Waals surface area (Å²) >= 11 is 7.55. The molecule has 0 radical (unpaired) electrons. The molecule has 3 nitrogen and oxygen atoms in total. The summed E-state index contributed by atoms with van der Waals surface area (Å²) < 4.78 is 1.11. The third-order valence-corrected chi connectivity index (χ3v) is 4.11. The van der Waals surface area contributed by atoms with E-state index < -0.39 is 0 Å². The number of nitrogens with one attached hydrogen (secondary N) is 1. The summed E-state index contributed by atoms with van der Waals surface area (Å²) in [6, 6.07) is 15.3. The summed E-state index contributed by atoms with van der Waals surface area (Å²) in [5.74, 6) is 0. The third-order valence-electron chi connectivity index (χ3n) is 2.88. The van der Waals surface area contributed by atoms with Crippen molar-refractivity contribution in [3.63, 3.8) is 0 Å². The van der Waals surface area contributed by atoms with E-state index in [1.807, 2.05) is 42.5 Å². The van der Waals surface area contributed by atoms with Crippen LogP contribution in [0.15, 0.2) is 42.5 Å². The number of benzene rings is 2. The Morgan fingerprint density at radius 3 is 2.75 bits per heavy atom. The van der Waals surface area contributed by atoms with Gasteiger partial charge in [-0.3, -0.25) is 0 Å². The van der Waals surface area contributed by atoms with Crippen molar-refractivity contribution in [1.82, 2.24) is 4.98 Å². The minimum Gasteiger partial charge on any atom is -0.357 e. The van der Waals surface area contributed by atoms with E-state index in [1.165, 1.54) is 0 Å². The van der Waals surface area contributed by atoms with E-state index in [0.29, 0.717) is 17.1 Å². The van der Waals surface area contributed by atoms with Gasteiger partial charge in [0, 0.05) is 11.6 Å². The van der Waals surface area contributed by atoms with Gasteiger partial charge in [0.25, 0.3) is 0 Å². The van der Waals surface area contributed by atoms with Crippen LogP contribution in [-0.2, 0) is 6.54 Å². The van der Waals surface area contributed by atoms with Gasteiger partial charge in [-0.05, 0) is 35.9 Å². The Morgan fingerprint density at radius 1 is 1.20 bits per heavy atom. The van der Waals surface area contributed by atoms with Gasteiger partial charge in [0.05, 0.1) is 21.8 Å². The highest BCUT2D eigenvalue weighted by Gasteiger charge is 2.04. The smallest absolute Gasteiger partial charge is 0.184 e. The van der Waals surface area contributed by atoms with E-state index in [2.05, 4.69) is 16.4 Å². The third kappa shape index (κ3) is 2.74. The zero-order valence-corrected chi connectivity index (χ0v) is 12.0. The fourth-order valence-corrected chi connectivity index (χ4v) is 2.86. The van der Waals surface area contributed by atoms with Gasteiger partial charge in [-0.25, -0.2) is 4.98 Å². The van der Waals surface area contributed by atoms with Crippen molar-refractivity contribution < 1.29 is 0 Å². The molecule has 0 unspecified atom stereocenters. The number of rotatable bonds is 3. The van der Waals surface area contributed by atoms with Crippen LogP contribution >= 0.6 is 22.9 Å². The Labute approximate surface area is 125 Å². The van der Waals surface area contributed by atoms with E-state index in [4.69, 9.17) is 16.9 Å². The lowest BCUT2D eigenvalue weighted by Gasteiger charge is -2.02. The summed E-state index contributed by atoms with van der Waals surface area (Å²) in [6.45, 7) is 0.680. The molecule has 1 heterocycles. The predicted octanol–water partition coefficient (Wildman–Crippen LogP) is 4.43. The SMILES string of the molecule is N#Cc1ccc(CNc2nc3cc(Cl)ccc3s2)cc1. The van der Waals surface area contributed by atoms with Gasteiger partial charge < -0.3 is 5.32 Å². The van der Waals surface area contributed by atoms with Gasteiger partial charge in [0.1, 0.15) is 0 Å². The Hall–Kier alpha value is -2.09. The Kier molecular flexibility index (Phi) is 3.55. The normalized spacial score (nSPS) is 10.4. The minimum atomic E-state index is 0.670. The van der Waals surface area contributed by atoms with E-state index >= 15 is 0 Å². The second-order valence-corrected chi connectivity index (χ2v) is 5.76. The monoisotopic (exact) mass is 299 g/mol. The molecule has 5 heteroatoms. The molecule has 3 aromatic rings. The Balaban J connectivity index is 1.74. The number of aromatic nitrogens is 1. The molecule has 0 aliphatic rings. The van der Waals surface area contributed by atoms with Crippen molar-refractivity contribution in [1.29, 1.82) is 5.26 Å². The summed E-state index contributed by atoms with van der Waals surface area (Å²) in [7, 11) is 0. The molecule has 0 fully saturated rings. The average Bonchev–Trinajstić information content (AvgIpc) is 2.87. The van der Waals surface area contributed by atoms with Crippen molar-refractivity contribution in [3.8, 4) is 6.07 Å². The molecule has 0 atom stereocenters. The lowest BCUT2D eigenvalue weighted by atomic mass is 10.1. The number of fused-ring (bicyclic) bond motifs is 1. The van der Waals surface area contributed by atoms with Crippen molar-refractivity contribution in [3.05, 3.63) is 58.6 Å². The molecule has 98 valence electrons. The lowest BCUT2D eigenvalue weighted by Crippen LogP contribution is -1.98. The predicted molar refractivity (Wildman–Crippen MR) is 83.1 cm³/mol. The average molecular weight is 300 g/mol. The molecule has 0 aliphatic heterocycles. The second kappa shape index (κ2) is 5.49. The number of hydrogen-bond acceptors (Lipinski definition) is 4. The maximum absolute atomic E-state index is 8.75. The molecular weight excluding hydrogens is 290 g/mol. The molecule has 3 rings (SSSR count). The van der Waals surface area contributed by atoms with Crippen LogP contribution in [0.4, 0.5) is 5.13 Å². The maximum atomic E-state index is 8.75. The highest BCUT2D eigenvalue weighted by molar-refractivity contribution is 7.22. The number of thiazole rings is 1. The summed E-state index contributed by atoms with van der Waals surface area (Å²) in [5.41, 5.74) is 2.69. The number of anilines is 1. The van der Waals surface area contributed by atoms with E-state index in [9.17, 15) is 0 Å². The van der Waals surface area contributed by atoms with E-state index in [0.717, 1.165) is 20.9 Å². The van der Waals surface area contributed by atoms with Gasteiger partial charge in [0.2, 0.25) is 0 Å². The molecule has 0 saturated carbocycles. The summed E-state index contributed by atoms with van der Waals surface area (Å²) in [6.07, 6.45) is 0. The van der Waals surface area contributed by atoms with Crippen molar-refractivity contribution >= 4 is 38.3 Å². The zero-order chi connectivity index (χ0) is 13.9. The Bertz CT molecular complexity index is 787. The standard InChI is InChI=1S/C15H10ClN3S/c16-12-5-6-14-13(7-12)19-15(20-14)18-9-11-3-1-10(8-17)2-4-11/h1-7H,9H2,(H,18,19). The molecular formula is C15H10ClN3S. The summed E-state index contributed by atoms with van der Waals surface area (Å²) in [4.78, 5) is 4.49. The molecule has 1 N–H and O–H groups in total. The van der Waals surface area contributed by atoms with E-state index in [1.54, 1.807) is 11.3 Å². The first-order valence-corrected chi connectivity index (χ1v) is 7.23. The largest absolute Gasteiger partial charge is 0.357 e. The fraction of sp³-hybridized carbons (Fsp3) is 0.0667. The number of nitrogens with zero attached hydrogens (tertiary/aromatic N) is 2. The van der Waals surface area contributed by atoms with Crippen LogP contribution in [0, 0.1) is 11.3 Å². The van der Waals surface area contributed by atoms with E-state index in [-0.39, 0.29) is 0 Å². The molecule has 0 aliphatic carbocycles. The second-order valence-electron chi connectivity index (χ2n) is 4.29. The van der Waals surface area contributed by atoms with Crippen LogP contribution in [0.25, 0.3) is 10.2 Å². The first kappa shape index (κ1) is 12.9. The van der Waals surface area contributed by atoms with Crippen LogP contribution < -0.4 is 5.32 Å². The van der Waals surface area contributed by atoms with Crippen molar-refractivity contribution in [2.75, 3.05) is 5.32 Å². The highest BCUT2D eigenvalue weighted by atomic mass is 35.5. The molecule has 20 heavy (non-hydrogen) atoms. The lowest BCUT2D eigenvalue weighted by molar-refractivity contribution is 1.14. The molecule has 1 aromatic heterocycles. The van der Waals surface area contributed by atoms with Crippen LogP contribution in [0.3, 0.4) is 0 Å². The topological polar surface area (TPSA) is 48.7 Å². The first-order chi connectivity index (χ1) is 9.74. The molecule has 0 spiro atoms. The molecule has 0 bridgehead atoms. The van der Waals surface area contributed by atoms with Crippen LogP contribution in [0.1, 0.15) is 11.1 Å². The number of halogens is 1. The van der Waals surface area contributed by atoms with Gasteiger partial charge in [-0.1, -0.05) is 35.1 Å². The van der Waals surface area contributed by atoms with Crippen molar-refractivity contribution in [2.45, 2.75) is 6.54 Å². The van der Waals surface area contributed by atoms with Crippen LogP contribution in [0.5, 0.6) is 0 Å². The van der Waals surface area contributed by atoms with Crippen LogP contribution in [-0.4, -0.2) is 4.98 Å². The molecule has 2 aromatic carbocycles. The van der Waals surface area contributed by atoms with Gasteiger partial charge >= 0.3 is 0 Å². The van der Waals surface area contributed by atoms with Crippen LogP contribution in [0.2, 0.25) is 5.02 Å². The minimum absolute atomic E-state index is 0.670. The van der Waals surface area contributed by atoms with Gasteiger partial charge in [-0.15, -0.1) is 0 Å². The number of hydrogen-bond donors (Lipinski definition) is 1. The molecule has 0 saturated heterocycles.